The number of fused-ring (bicyclic) bond motifs is 1. The molecule has 2 N–H and O–H groups in total. The Morgan fingerprint density at radius 2 is 2.12 bits per heavy atom. The molecule has 0 aliphatic heterocycles. The Hall–Kier alpha value is -1.51. The topological polar surface area (TPSA) is 52.3 Å². The van der Waals surface area contributed by atoms with Crippen LogP contribution in [0.3, 0.4) is 0 Å². The molecule has 1 unspecified atom stereocenters. The SMILES string of the molecule is COc1cc2c(cc1N)CCCC(=O)C2C. The first-order chi connectivity index (χ1) is 7.63. The lowest BCUT2D eigenvalue weighted by molar-refractivity contribution is -0.120. The van der Waals surface area contributed by atoms with E-state index in [1.807, 2.05) is 19.1 Å². The van der Waals surface area contributed by atoms with Crippen molar-refractivity contribution in [2.45, 2.75) is 32.1 Å². The van der Waals surface area contributed by atoms with Gasteiger partial charge in [0.15, 0.2) is 0 Å². The Balaban J connectivity index is 2.53. The van der Waals surface area contributed by atoms with Crippen molar-refractivity contribution in [2.75, 3.05) is 12.8 Å². The van der Waals surface area contributed by atoms with Crippen molar-refractivity contribution in [2.24, 2.45) is 0 Å². The van der Waals surface area contributed by atoms with E-state index in [9.17, 15) is 4.79 Å². The number of ketones is 1. The molecule has 1 aliphatic rings. The highest BCUT2D eigenvalue weighted by Crippen LogP contribution is 2.34. The minimum Gasteiger partial charge on any atom is -0.495 e. The van der Waals surface area contributed by atoms with E-state index in [2.05, 4.69) is 0 Å². The number of ether oxygens (including phenoxy) is 1. The standard InChI is InChI=1S/C13H17NO2/c1-8-10-7-13(16-2)11(14)6-9(10)4-3-5-12(8)15/h6-8H,3-5,14H2,1-2H3. The van der Waals surface area contributed by atoms with Gasteiger partial charge in [-0.2, -0.15) is 0 Å². The van der Waals surface area contributed by atoms with Crippen LogP contribution in [0.2, 0.25) is 0 Å². The minimum absolute atomic E-state index is 0.0352. The fourth-order valence-corrected chi connectivity index (χ4v) is 2.30. The van der Waals surface area contributed by atoms with Gasteiger partial charge < -0.3 is 10.5 Å². The van der Waals surface area contributed by atoms with Crippen molar-refractivity contribution in [1.82, 2.24) is 0 Å². The average Bonchev–Trinajstić information content (AvgIpc) is 2.39. The van der Waals surface area contributed by atoms with Crippen LogP contribution in [-0.2, 0) is 11.2 Å². The molecule has 0 saturated heterocycles. The number of carbonyl (C=O) groups excluding carboxylic acids is 1. The molecular weight excluding hydrogens is 202 g/mol. The number of hydrogen-bond acceptors (Lipinski definition) is 3. The first-order valence-electron chi connectivity index (χ1n) is 5.62. The lowest BCUT2D eigenvalue weighted by Crippen LogP contribution is -2.08. The second-order valence-corrected chi connectivity index (χ2v) is 4.33. The van der Waals surface area contributed by atoms with Gasteiger partial charge in [-0.1, -0.05) is 6.92 Å². The van der Waals surface area contributed by atoms with Crippen molar-refractivity contribution in [3.8, 4) is 5.75 Å². The number of benzene rings is 1. The van der Waals surface area contributed by atoms with Gasteiger partial charge in [0.25, 0.3) is 0 Å². The molecule has 3 heteroatoms. The molecule has 1 aromatic carbocycles. The Morgan fingerprint density at radius 1 is 1.38 bits per heavy atom. The van der Waals surface area contributed by atoms with E-state index in [1.165, 1.54) is 5.56 Å². The van der Waals surface area contributed by atoms with Gasteiger partial charge in [0.1, 0.15) is 11.5 Å². The summed E-state index contributed by atoms with van der Waals surface area (Å²) in [5.41, 5.74) is 8.80. The number of hydrogen-bond donors (Lipinski definition) is 1. The van der Waals surface area contributed by atoms with Crippen LogP contribution in [0.4, 0.5) is 5.69 Å². The van der Waals surface area contributed by atoms with Crippen LogP contribution in [0.15, 0.2) is 12.1 Å². The normalized spacial score (nSPS) is 20.1. The first-order valence-corrected chi connectivity index (χ1v) is 5.62. The van der Waals surface area contributed by atoms with Gasteiger partial charge in [0, 0.05) is 12.3 Å². The van der Waals surface area contributed by atoms with Gasteiger partial charge in [0.05, 0.1) is 12.8 Å². The van der Waals surface area contributed by atoms with Crippen LogP contribution in [-0.4, -0.2) is 12.9 Å². The summed E-state index contributed by atoms with van der Waals surface area (Å²) in [4.78, 5) is 11.8. The molecule has 1 aliphatic carbocycles. The number of anilines is 1. The minimum atomic E-state index is -0.0352. The lowest BCUT2D eigenvalue weighted by Gasteiger charge is -2.14. The Morgan fingerprint density at radius 3 is 2.81 bits per heavy atom. The second kappa shape index (κ2) is 4.16. The molecule has 2 rings (SSSR count). The van der Waals surface area contributed by atoms with Gasteiger partial charge in [-0.3, -0.25) is 4.79 Å². The zero-order valence-electron chi connectivity index (χ0n) is 9.75. The monoisotopic (exact) mass is 219 g/mol. The third-order valence-corrected chi connectivity index (χ3v) is 3.31. The van der Waals surface area contributed by atoms with Crippen LogP contribution in [0.25, 0.3) is 0 Å². The van der Waals surface area contributed by atoms with Gasteiger partial charge in [-0.25, -0.2) is 0 Å². The zero-order chi connectivity index (χ0) is 11.7. The summed E-state index contributed by atoms with van der Waals surface area (Å²) in [5.74, 6) is 0.942. The summed E-state index contributed by atoms with van der Waals surface area (Å²) in [6, 6.07) is 3.86. The molecule has 0 fully saturated rings. The van der Waals surface area contributed by atoms with Crippen molar-refractivity contribution in [1.29, 1.82) is 0 Å². The molecule has 0 amide bonds. The molecule has 86 valence electrons. The number of methoxy groups -OCH3 is 1. The Kier molecular flexibility index (Phi) is 2.86. The highest BCUT2D eigenvalue weighted by atomic mass is 16.5. The third-order valence-electron chi connectivity index (χ3n) is 3.31. The molecule has 0 spiro atoms. The Bertz CT molecular complexity index is 426. The average molecular weight is 219 g/mol. The summed E-state index contributed by atoms with van der Waals surface area (Å²) in [6.07, 6.45) is 2.51. The largest absolute Gasteiger partial charge is 0.495 e. The molecule has 0 saturated carbocycles. The fraction of sp³-hybridized carbons (Fsp3) is 0.462. The molecule has 0 heterocycles. The third kappa shape index (κ3) is 1.77. The second-order valence-electron chi connectivity index (χ2n) is 4.33. The van der Waals surface area contributed by atoms with Crippen molar-refractivity contribution < 1.29 is 9.53 Å². The number of Topliss-reactive ketones (excluding diaryl/α,β-unsaturated/α-hetero) is 1. The number of aryl methyl sites for hydroxylation is 1. The van der Waals surface area contributed by atoms with E-state index in [-0.39, 0.29) is 5.92 Å². The van der Waals surface area contributed by atoms with Crippen molar-refractivity contribution in [3.63, 3.8) is 0 Å². The molecule has 16 heavy (non-hydrogen) atoms. The maximum atomic E-state index is 11.8. The van der Waals surface area contributed by atoms with Crippen molar-refractivity contribution in [3.05, 3.63) is 23.3 Å². The molecule has 3 nitrogen and oxygen atoms in total. The smallest absolute Gasteiger partial charge is 0.142 e. The highest BCUT2D eigenvalue weighted by Gasteiger charge is 2.23. The van der Waals surface area contributed by atoms with Crippen LogP contribution >= 0.6 is 0 Å². The zero-order valence-corrected chi connectivity index (χ0v) is 9.75. The summed E-state index contributed by atoms with van der Waals surface area (Å²) < 4.78 is 5.20. The number of carbonyl (C=O) groups is 1. The van der Waals surface area contributed by atoms with Gasteiger partial charge >= 0.3 is 0 Å². The van der Waals surface area contributed by atoms with E-state index in [0.29, 0.717) is 23.6 Å². The van der Waals surface area contributed by atoms with E-state index in [0.717, 1.165) is 18.4 Å². The van der Waals surface area contributed by atoms with Gasteiger partial charge in [-0.05, 0) is 36.1 Å². The molecular formula is C13H17NO2. The fourth-order valence-electron chi connectivity index (χ4n) is 2.30. The van der Waals surface area contributed by atoms with E-state index in [1.54, 1.807) is 7.11 Å². The highest BCUT2D eigenvalue weighted by molar-refractivity contribution is 5.86. The number of rotatable bonds is 1. The molecule has 0 bridgehead atoms. The number of nitrogens with two attached hydrogens (primary N) is 1. The first kappa shape index (κ1) is 11.0. The molecule has 0 radical (unpaired) electrons. The maximum absolute atomic E-state index is 11.8. The van der Waals surface area contributed by atoms with E-state index < -0.39 is 0 Å². The van der Waals surface area contributed by atoms with Crippen LogP contribution < -0.4 is 10.5 Å². The maximum Gasteiger partial charge on any atom is 0.142 e. The number of nitrogen functional groups attached to an aromatic ring is 1. The van der Waals surface area contributed by atoms with Crippen LogP contribution in [0.5, 0.6) is 5.75 Å². The molecule has 1 atom stereocenters. The van der Waals surface area contributed by atoms with Crippen LogP contribution in [0.1, 0.15) is 36.8 Å². The Labute approximate surface area is 95.6 Å². The van der Waals surface area contributed by atoms with Crippen LogP contribution in [0, 0.1) is 0 Å². The predicted octanol–water partition coefficient (Wildman–Crippen LogP) is 2.29. The molecule has 0 aromatic heterocycles. The van der Waals surface area contributed by atoms with Gasteiger partial charge in [0.2, 0.25) is 0 Å². The summed E-state index contributed by atoms with van der Waals surface area (Å²) in [5, 5.41) is 0. The summed E-state index contributed by atoms with van der Waals surface area (Å²) in [6.45, 7) is 1.96. The molecule has 1 aromatic rings. The van der Waals surface area contributed by atoms with E-state index in [4.69, 9.17) is 10.5 Å². The van der Waals surface area contributed by atoms with E-state index >= 15 is 0 Å². The van der Waals surface area contributed by atoms with Crippen molar-refractivity contribution >= 4 is 11.5 Å². The lowest BCUT2D eigenvalue weighted by atomic mass is 9.93. The summed E-state index contributed by atoms with van der Waals surface area (Å²) in [7, 11) is 1.60. The predicted molar refractivity (Wildman–Crippen MR) is 63.8 cm³/mol. The quantitative estimate of drug-likeness (QED) is 0.582. The van der Waals surface area contributed by atoms with Gasteiger partial charge in [-0.15, -0.1) is 0 Å². The summed E-state index contributed by atoms with van der Waals surface area (Å²) >= 11 is 0.